The number of nitrogens with zero attached hydrogens (tertiary/aromatic N) is 2. The van der Waals surface area contributed by atoms with Gasteiger partial charge >= 0.3 is 11.9 Å². The highest BCUT2D eigenvalue weighted by Crippen LogP contribution is 2.15. The number of hydrogen-bond acceptors (Lipinski definition) is 4. The van der Waals surface area contributed by atoms with Crippen molar-refractivity contribution in [1.29, 1.82) is 0 Å². The minimum absolute atomic E-state index is 0.528. The van der Waals surface area contributed by atoms with Gasteiger partial charge < -0.3 is 10.2 Å². The van der Waals surface area contributed by atoms with Crippen LogP contribution in [0.4, 0.5) is 0 Å². The summed E-state index contributed by atoms with van der Waals surface area (Å²) in [7, 11) is 0. The molecular formula is C16H16I2N2O4. The fourth-order valence-corrected chi connectivity index (χ4v) is 2.53. The van der Waals surface area contributed by atoms with Crippen molar-refractivity contribution in [2.45, 2.75) is 25.7 Å². The van der Waals surface area contributed by atoms with Crippen molar-refractivity contribution in [2.24, 2.45) is 0 Å². The molecule has 0 amide bonds. The van der Waals surface area contributed by atoms with Gasteiger partial charge in [0.25, 0.3) is 0 Å². The van der Waals surface area contributed by atoms with Crippen LogP contribution in [0.1, 0.15) is 37.1 Å². The maximum Gasteiger partial charge on any atom is 0.312 e. The van der Waals surface area contributed by atoms with E-state index in [1.54, 1.807) is 38.4 Å². The summed E-state index contributed by atoms with van der Waals surface area (Å²) in [6.45, 7) is 3.25. The average Bonchev–Trinajstić information content (AvgIpc) is 2.53. The van der Waals surface area contributed by atoms with Crippen molar-refractivity contribution in [3.05, 3.63) is 55.2 Å². The van der Waals surface area contributed by atoms with E-state index in [9.17, 15) is 9.59 Å². The van der Waals surface area contributed by atoms with E-state index < -0.39 is 23.8 Å². The zero-order valence-corrected chi connectivity index (χ0v) is 17.3. The molecule has 2 aromatic rings. The molecule has 2 unspecified atom stereocenters. The van der Waals surface area contributed by atoms with Gasteiger partial charge in [-0.3, -0.25) is 19.6 Å². The van der Waals surface area contributed by atoms with Crippen LogP contribution in [0.5, 0.6) is 0 Å². The van der Waals surface area contributed by atoms with Gasteiger partial charge in [0.1, 0.15) is 0 Å². The van der Waals surface area contributed by atoms with E-state index in [2.05, 4.69) is 55.1 Å². The number of hydrogen-bond donors (Lipinski definition) is 2. The Hall–Kier alpha value is -1.30. The average molecular weight is 554 g/mol. The molecule has 2 atom stereocenters. The maximum atomic E-state index is 10.6. The molecule has 8 heteroatoms. The van der Waals surface area contributed by atoms with Gasteiger partial charge in [-0.2, -0.15) is 0 Å². The molecule has 0 aliphatic rings. The second-order valence-electron chi connectivity index (χ2n) is 4.92. The van der Waals surface area contributed by atoms with E-state index in [4.69, 9.17) is 10.2 Å². The predicted octanol–water partition coefficient (Wildman–Crippen LogP) is 3.75. The molecule has 2 N–H and O–H groups in total. The monoisotopic (exact) mass is 554 g/mol. The van der Waals surface area contributed by atoms with Gasteiger partial charge in [-0.25, -0.2) is 0 Å². The molecule has 0 aliphatic carbocycles. The first-order valence-electron chi connectivity index (χ1n) is 6.91. The molecule has 128 valence electrons. The predicted molar refractivity (Wildman–Crippen MR) is 106 cm³/mol. The summed E-state index contributed by atoms with van der Waals surface area (Å²) < 4.78 is 2.01. The number of carboxylic acids is 2. The SMILES string of the molecule is CC(C(=O)O)c1cc(I)ccn1.CC(C(=O)O)c1cc(I)ccn1. The summed E-state index contributed by atoms with van der Waals surface area (Å²) in [5.74, 6) is -2.74. The highest BCUT2D eigenvalue weighted by molar-refractivity contribution is 14.1. The number of carboxylic acid groups (broad SMARTS) is 2. The quantitative estimate of drug-likeness (QED) is 0.559. The smallest absolute Gasteiger partial charge is 0.312 e. The number of rotatable bonds is 4. The summed E-state index contributed by atoms with van der Waals surface area (Å²) in [6.07, 6.45) is 3.24. The van der Waals surface area contributed by atoms with Gasteiger partial charge in [0.15, 0.2) is 0 Å². The maximum absolute atomic E-state index is 10.6. The van der Waals surface area contributed by atoms with Gasteiger partial charge in [0.05, 0.1) is 23.2 Å². The summed E-state index contributed by atoms with van der Waals surface area (Å²) in [5.41, 5.74) is 1.21. The first kappa shape index (κ1) is 20.7. The van der Waals surface area contributed by atoms with Gasteiger partial charge in [0, 0.05) is 19.5 Å². The van der Waals surface area contributed by atoms with E-state index in [1.165, 1.54) is 0 Å². The van der Waals surface area contributed by atoms with Crippen molar-refractivity contribution in [1.82, 2.24) is 9.97 Å². The molecule has 2 heterocycles. The van der Waals surface area contributed by atoms with Crippen molar-refractivity contribution in [3.8, 4) is 0 Å². The van der Waals surface area contributed by atoms with Crippen molar-refractivity contribution in [3.63, 3.8) is 0 Å². The van der Waals surface area contributed by atoms with Gasteiger partial charge in [-0.15, -0.1) is 0 Å². The summed E-state index contributed by atoms with van der Waals surface area (Å²) >= 11 is 4.26. The summed E-state index contributed by atoms with van der Waals surface area (Å²) in [4.78, 5) is 29.1. The zero-order chi connectivity index (χ0) is 18.3. The van der Waals surface area contributed by atoms with Crippen LogP contribution >= 0.6 is 45.2 Å². The van der Waals surface area contributed by atoms with E-state index in [1.807, 2.05) is 12.1 Å². The lowest BCUT2D eigenvalue weighted by Crippen LogP contribution is -2.09. The van der Waals surface area contributed by atoms with Crippen LogP contribution in [-0.4, -0.2) is 32.1 Å². The highest BCUT2D eigenvalue weighted by atomic mass is 127. The van der Waals surface area contributed by atoms with Crippen LogP contribution in [0.25, 0.3) is 0 Å². The minimum Gasteiger partial charge on any atom is -0.481 e. The minimum atomic E-state index is -0.843. The Balaban J connectivity index is 0.000000240. The van der Waals surface area contributed by atoms with Crippen LogP contribution in [0.2, 0.25) is 0 Å². The lowest BCUT2D eigenvalue weighted by Gasteiger charge is -2.04. The third-order valence-electron chi connectivity index (χ3n) is 3.11. The fourth-order valence-electron chi connectivity index (χ4n) is 1.57. The standard InChI is InChI=1S/2C8H8INO2/c2*1-5(8(11)12)7-4-6(9)2-3-10-7/h2*2-5H,1H3,(H,11,12). The lowest BCUT2D eigenvalue weighted by atomic mass is 10.1. The fraction of sp³-hybridized carbons (Fsp3) is 0.250. The first-order chi connectivity index (χ1) is 11.2. The summed E-state index contributed by atoms with van der Waals surface area (Å²) in [5, 5.41) is 17.4. The van der Waals surface area contributed by atoms with Gasteiger partial charge in [-0.1, -0.05) is 0 Å². The second kappa shape index (κ2) is 9.87. The van der Waals surface area contributed by atoms with E-state index in [0.717, 1.165) is 7.14 Å². The van der Waals surface area contributed by atoms with Gasteiger partial charge in [-0.05, 0) is 83.3 Å². The van der Waals surface area contributed by atoms with Crippen LogP contribution in [0.3, 0.4) is 0 Å². The molecule has 0 saturated heterocycles. The molecule has 0 saturated carbocycles. The molecule has 0 aliphatic heterocycles. The number of carbonyl (C=O) groups is 2. The van der Waals surface area contributed by atoms with Crippen LogP contribution in [0, 0.1) is 7.14 Å². The molecule has 0 bridgehead atoms. The highest BCUT2D eigenvalue weighted by Gasteiger charge is 2.15. The van der Waals surface area contributed by atoms with Crippen molar-refractivity contribution in [2.75, 3.05) is 0 Å². The lowest BCUT2D eigenvalue weighted by molar-refractivity contribution is -0.139. The van der Waals surface area contributed by atoms with E-state index >= 15 is 0 Å². The third kappa shape index (κ3) is 6.67. The van der Waals surface area contributed by atoms with Crippen LogP contribution in [0.15, 0.2) is 36.7 Å². The Morgan fingerprint density at radius 1 is 0.875 bits per heavy atom. The summed E-state index contributed by atoms with van der Waals surface area (Å²) in [6, 6.07) is 7.22. The zero-order valence-electron chi connectivity index (χ0n) is 13.0. The molecule has 0 radical (unpaired) electrons. The first-order valence-corrected chi connectivity index (χ1v) is 9.06. The number of aliphatic carboxylic acids is 2. The van der Waals surface area contributed by atoms with Crippen LogP contribution in [-0.2, 0) is 9.59 Å². The molecule has 0 fully saturated rings. The Morgan fingerprint density at radius 2 is 1.21 bits per heavy atom. The Morgan fingerprint density at radius 3 is 1.46 bits per heavy atom. The van der Waals surface area contributed by atoms with Crippen molar-refractivity contribution >= 4 is 57.1 Å². The topological polar surface area (TPSA) is 100 Å². The number of pyridine rings is 2. The molecular weight excluding hydrogens is 538 g/mol. The second-order valence-corrected chi connectivity index (χ2v) is 7.41. The van der Waals surface area contributed by atoms with E-state index in [0.29, 0.717) is 11.4 Å². The molecule has 0 aromatic carbocycles. The number of aromatic nitrogens is 2. The van der Waals surface area contributed by atoms with E-state index in [-0.39, 0.29) is 0 Å². The molecule has 2 rings (SSSR count). The Kier molecular flexibility index (Phi) is 8.53. The number of halogens is 2. The molecule has 6 nitrogen and oxygen atoms in total. The van der Waals surface area contributed by atoms with Crippen LogP contribution < -0.4 is 0 Å². The normalized spacial score (nSPS) is 12.5. The van der Waals surface area contributed by atoms with Crippen molar-refractivity contribution < 1.29 is 19.8 Å². The Bertz CT molecular complexity index is 663. The molecule has 2 aromatic heterocycles. The third-order valence-corrected chi connectivity index (χ3v) is 4.46. The largest absolute Gasteiger partial charge is 0.481 e. The molecule has 0 spiro atoms. The Labute approximate surface area is 167 Å². The molecule has 24 heavy (non-hydrogen) atoms. The van der Waals surface area contributed by atoms with Gasteiger partial charge in [0.2, 0.25) is 0 Å².